The van der Waals surface area contributed by atoms with Crippen molar-refractivity contribution in [3.63, 3.8) is 0 Å². The third-order valence-corrected chi connectivity index (χ3v) is 4.66. The number of aromatic hydroxyl groups is 1. The van der Waals surface area contributed by atoms with Crippen molar-refractivity contribution >= 4 is 17.6 Å². The van der Waals surface area contributed by atoms with Crippen molar-refractivity contribution < 1.29 is 19.4 Å². The van der Waals surface area contributed by atoms with Crippen LogP contribution in [0, 0.1) is 6.92 Å². The van der Waals surface area contributed by atoms with Gasteiger partial charge in [-0.2, -0.15) is 0 Å². The Hall–Kier alpha value is -3.60. The summed E-state index contributed by atoms with van der Waals surface area (Å²) in [5, 5.41) is 12.2. The third kappa shape index (κ3) is 5.02. The molecule has 0 saturated heterocycles. The van der Waals surface area contributed by atoms with Crippen molar-refractivity contribution in [1.29, 1.82) is 0 Å². The molecule has 0 fully saturated rings. The Morgan fingerprint density at radius 2 is 1.55 bits per heavy atom. The summed E-state index contributed by atoms with van der Waals surface area (Å²) >= 11 is 0. The monoisotopic (exact) mass is 389 g/mol. The van der Waals surface area contributed by atoms with Gasteiger partial charge in [0.05, 0.1) is 5.56 Å². The van der Waals surface area contributed by atoms with E-state index in [2.05, 4.69) is 5.32 Å². The van der Waals surface area contributed by atoms with Gasteiger partial charge < -0.3 is 15.2 Å². The quantitative estimate of drug-likeness (QED) is 0.598. The van der Waals surface area contributed by atoms with E-state index in [4.69, 9.17) is 4.74 Å². The molecule has 3 rings (SSSR count). The van der Waals surface area contributed by atoms with Gasteiger partial charge in [0.1, 0.15) is 5.75 Å². The fraction of sp³-hybridized carbons (Fsp3) is 0.167. The number of carbonyl (C=O) groups excluding carboxylic acids is 2. The zero-order chi connectivity index (χ0) is 20.8. The first-order chi connectivity index (χ1) is 14.0. The van der Waals surface area contributed by atoms with Gasteiger partial charge in [0.25, 0.3) is 5.91 Å². The SMILES string of the molecule is CCc1cccc(C)c1NC(=O)COC(=O)c1ccc(-c2ccc(O)cc2)cc1. The number of amides is 1. The van der Waals surface area contributed by atoms with Crippen LogP contribution in [0.15, 0.2) is 66.7 Å². The Bertz CT molecular complexity index is 1010. The number of hydrogen-bond acceptors (Lipinski definition) is 4. The van der Waals surface area contributed by atoms with Gasteiger partial charge in [-0.1, -0.05) is 49.4 Å². The zero-order valence-electron chi connectivity index (χ0n) is 16.4. The number of benzene rings is 3. The minimum absolute atomic E-state index is 0.198. The zero-order valence-corrected chi connectivity index (χ0v) is 16.4. The van der Waals surface area contributed by atoms with E-state index in [0.29, 0.717) is 5.56 Å². The fourth-order valence-corrected chi connectivity index (χ4v) is 3.04. The number of esters is 1. The molecule has 0 aliphatic heterocycles. The molecule has 0 atom stereocenters. The number of hydrogen-bond donors (Lipinski definition) is 2. The van der Waals surface area contributed by atoms with E-state index < -0.39 is 5.97 Å². The molecule has 3 aromatic rings. The second-order valence-electron chi connectivity index (χ2n) is 6.71. The lowest BCUT2D eigenvalue weighted by atomic mass is 10.0. The normalized spacial score (nSPS) is 10.4. The maximum Gasteiger partial charge on any atom is 0.338 e. The average molecular weight is 389 g/mol. The number of phenols is 1. The van der Waals surface area contributed by atoms with E-state index in [1.165, 1.54) is 0 Å². The second kappa shape index (κ2) is 9.06. The molecule has 148 valence electrons. The first-order valence-electron chi connectivity index (χ1n) is 9.43. The van der Waals surface area contributed by atoms with Crippen LogP contribution in [0.25, 0.3) is 11.1 Å². The summed E-state index contributed by atoms with van der Waals surface area (Å²) in [6.45, 7) is 3.60. The molecule has 29 heavy (non-hydrogen) atoms. The number of anilines is 1. The van der Waals surface area contributed by atoms with Crippen LogP contribution >= 0.6 is 0 Å². The molecule has 5 nitrogen and oxygen atoms in total. The first-order valence-corrected chi connectivity index (χ1v) is 9.43. The summed E-state index contributed by atoms with van der Waals surface area (Å²) in [7, 11) is 0. The minimum Gasteiger partial charge on any atom is -0.508 e. The summed E-state index contributed by atoms with van der Waals surface area (Å²) < 4.78 is 5.15. The summed E-state index contributed by atoms with van der Waals surface area (Å²) in [5.74, 6) is -0.732. The fourth-order valence-electron chi connectivity index (χ4n) is 3.04. The highest BCUT2D eigenvalue weighted by Crippen LogP contribution is 2.23. The summed E-state index contributed by atoms with van der Waals surface area (Å²) in [5.41, 5.74) is 4.97. The molecular formula is C24H23NO4. The van der Waals surface area contributed by atoms with Crippen LogP contribution in [0.5, 0.6) is 5.75 Å². The van der Waals surface area contributed by atoms with Gasteiger partial charge >= 0.3 is 5.97 Å². The van der Waals surface area contributed by atoms with Crippen molar-refractivity contribution in [3.8, 4) is 16.9 Å². The van der Waals surface area contributed by atoms with Crippen LogP contribution < -0.4 is 5.32 Å². The summed E-state index contributed by atoms with van der Waals surface area (Å²) in [4.78, 5) is 24.5. The smallest absolute Gasteiger partial charge is 0.338 e. The topological polar surface area (TPSA) is 75.6 Å². The van der Waals surface area contributed by atoms with Gasteiger partial charge in [-0.25, -0.2) is 4.79 Å². The van der Waals surface area contributed by atoms with Crippen molar-refractivity contribution in [2.75, 3.05) is 11.9 Å². The Balaban J connectivity index is 1.59. The third-order valence-electron chi connectivity index (χ3n) is 4.66. The molecule has 0 unspecified atom stereocenters. The van der Waals surface area contributed by atoms with E-state index in [1.807, 2.05) is 32.0 Å². The van der Waals surface area contributed by atoms with Crippen LogP contribution in [-0.4, -0.2) is 23.6 Å². The van der Waals surface area contributed by atoms with Crippen LogP contribution in [0.2, 0.25) is 0 Å². The van der Waals surface area contributed by atoms with Crippen molar-refractivity contribution in [3.05, 3.63) is 83.4 Å². The number of para-hydroxylation sites is 1. The molecule has 0 bridgehead atoms. The molecule has 0 saturated carbocycles. The van der Waals surface area contributed by atoms with Gasteiger partial charge in [-0.15, -0.1) is 0 Å². The van der Waals surface area contributed by atoms with Crippen molar-refractivity contribution in [2.45, 2.75) is 20.3 Å². The van der Waals surface area contributed by atoms with Crippen molar-refractivity contribution in [1.82, 2.24) is 0 Å². The van der Waals surface area contributed by atoms with Crippen LogP contribution in [0.3, 0.4) is 0 Å². The maximum atomic E-state index is 12.2. The lowest BCUT2D eigenvalue weighted by Gasteiger charge is -2.13. The van der Waals surface area contributed by atoms with Crippen LogP contribution in [0.4, 0.5) is 5.69 Å². The van der Waals surface area contributed by atoms with E-state index in [9.17, 15) is 14.7 Å². The maximum absolute atomic E-state index is 12.2. The van der Waals surface area contributed by atoms with Crippen LogP contribution in [0.1, 0.15) is 28.4 Å². The highest BCUT2D eigenvalue weighted by Gasteiger charge is 2.13. The number of ether oxygens (including phenoxy) is 1. The Labute approximate surface area is 170 Å². The highest BCUT2D eigenvalue weighted by atomic mass is 16.5. The standard InChI is InChI=1S/C24H23NO4/c1-3-17-6-4-5-16(2)23(17)25-22(27)15-29-24(28)20-9-7-18(8-10-20)19-11-13-21(26)14-12-19/h4-14,26H,3,15H2,1-2H3,(H,25,27). The highest BCUT2D eigenvalue weighted by molar-refractivity contribution is 5.96. The molecule has 0 aromatic heterocycles. The molecule has 5 heteroatoms. The number of phenolic OH excluding ortho intramolecular Hbond substituents is 1. The predicted molar refractivity (Wildman–Crippen MR) is 113 cm³/mol. The Morgan fingerprint density at radius 3 is 2.17 bits per heavy atom. The molecule has 0 spiro atoms. The Kier molecular flexibility index (Phi) is 6.29. The minimum atomic E-state index is -0.557. The van der Waals surface area contributed by atoms with E-state index in [-0.39, 0.29) is 18.3 Å². The van der Waals surface area contributed by atoms with E-state index in [1.54, 1.807) is 48.5 Å². The summed E-state index contributed by atoms with van der Waals surface area (Å²) in [6.07, 6.45) is 0.796. The molecular weight excluding hydrogens is 366 g/mol. The molecule has 0 aliphatic carbocycles. The van der Waals surface area contributed by atoms with Gasteiger partial charge in [-0.3, -0.25) is 4.79 Å². The molecule has 0 heterocycles. The molecule has 0 radical (unpaired) electrons. The molecule has 3 aromatic carbocycles. The number of aryl methyl sites for hydroxylation is 2. The van der Waals surface area contributed by atoms with Crippen molar-refractivity contribution in [2.24, 2.45) is 0 Å². The average Bonchev–Trinajstić information content (AvgIpc) is 2.74. The second-order valence-corrected chi connectivity index (χ2v) is 6.71. The van der Waals surface area contributed by atoms with Gasteiger partial charge in [0.2, 0.25) is 0 Å². The van der Waals surface area contributed by atoms with Crippen LogP contribution in [-0.2, 0) is 16.0 Å². The molecule has 2 N–H and O–H groups in total. The first kappa shape index (κ1) is 20.1. The Morgan fingerprint density at radius 1 is 0.931 bits per heavy atom. The number of carbonyl (C=O) groups is 2. The number of nitrogens with one attached hydrogen (secondary N) is 1. The molecule has 0 aliphatic rings. The lowest BCUT2D eigenvalue weighted by Crippen LogP contribution is -2.22. The summed E-state index contributed by atoms with van der Waals surface area (Å²) in [6, 6.07) is 19.5. The van der Waals surface area contributed by atoms with Gasteiger partial charge in [-0.05, 0) is 59.9 Å². The van der Waals surface area contributed by atoms with Gasteiger partial charge in [0.15, 0.2) is 6.61 Å². The predicted octanol–water partition coefficient (Wildman–Crippen LogP) is 4.73. The van der Waals surface area contributed by atoms with E-state index >= 15 is 0 Å². The lowest BCUT2D eigenvalue weighted by molar-refractivity contribution is -0.119. The molecule has 1 amide bonds. The van der Waals surface area contributed by atoms with Gasteiger partial charge in [0, 0.05) is 5.69 Å². The largest absolute Gasteiger partial charge is 0.508 e. The van der Waals surface area contributed by atoms with E-state index in [0.717, 1.165) is 34.4 Å². The number of rotatable bonds is 6.